The number of aliphatic hydroxyl groups is 1. The van der Waals surface area contributed by atoms with E-state index < -0.39 is 5.60 Å². The summed E-state index contributed by atoms with van der Waals surface area (Å²) in [6.45, 7) is 3.12. The minimum Gasteiger partial charge on any atom is -0.385 e. The van der Waals surface area contributed by atoms with Crippen molar-refractivity contribution in [2.45, 2.75) is 68.0 Å². The van der Waals surface area contributed by atoms with E-state index in [1.807, 2.05) is 4.90 Å². The molecule has 176 valence electrons. The molecule has 0 bridgehead atoms. The molecule has 1 N–H and O–H groups in total. The molecule has 2 saturated carbocycles. The van der Waals surface area contributed by atoms with E-state index >= 15 is 0 Å². The molecule has 0 unspecified atom stereocenters. The van der Waals surface area contributed by atoms with Crippen molar-refractivity contribution >= 4 is 6.03 Å². The zero-order valence-corrected chi connectivity index (χ0v) is 19.8. The fourth-order valence-corrected chi connectivity index (χ4v) is 6.39. The summed E-state index contributed by atoms with van der Waals surface area (Å²) in [5.41, 5.74) is 0.608. The number of hydrogen-bond donors (Lipinski definition) is 1. The molecule has 1 aromatic rings. The van der Waals surface area contributed by atoms with E-state index in [1.165, 1.54) is 24.8 Å². The fourth-order valence-electron chi connectivity index (χ4n) is 6.39. The van der Waals surface area contributed by atoms with E-state index in [4.69, 9.17) is 4.74 Å². The van der Waals surface area contributed by atoms with Gasteiger partial charge in [0.15, 0.2) is 0 Å². The van der Waals surface area contributed by atoms with Crippen molar-refractivity contribution in [3.63, 3.8) is 0 Å². The third kappa shape index (κ3) is 3.74. The number of nitrogens with zero attached hydrogens (tertiary/aromatic N) is 3. The summed E-state index contributed by atoms with van der Waals surface area (Å²) in [5.74, 6) is 0.662. The normalized spacial score (nSPS) is 32.4. The minimum absolute atomic E-state index is 0.0313. The minimum atomic E-state index is -0.741. The second-order valence-electron chi connectivity index (χ2n) is 11.1. The Hall–Kier alpha value is -1.63. The van der Waals surface area contributed by atoms with Crippen molar-refractivity contribution in [1.29, 1.82) is 0 Å². The average Bonchev–Trinajstić information content (AvgIpc) is 2.99. The molecule has 2 heterocycles. The topological polar surface area (TPSA) is 56.2 Å². The first kappa shape index (κ1) is 22.2. The number of rotatable bonds is 7. The van der Waals surface area contributed by atoms with Crippen LogP contribution in [0.2, 0.25) is 0 Å². The molecule has 0 radical (unpaired) electrons. The molecule has 5 rings (SSSR count). The Labute approximate surface area is 192 Å². The highest BCUT2D eigenvalue weighted by Crippen LogP contribution is 2.49. The van der Waals surface area contributed by atoms with Crippen molar-refractivity contribution in [3.8, 4) is 0 Å². The van der Waals surface area contributed by atoms with E-state index in [2.05, 4.69) is 54.2 Å². The van der Waals surface area contributed by atoms with Gasteiger partial charge < -0.3 is 19.6 Å². The Morgan fingerprint density at radius 1 is 1.09 bits per heavy atom. The maximum absolute atomic E-state index is 13.6. The van der Waals surface area contributed by atoms with Gasteiger partial charge in [-0.1, -0.05) is 36.8 Å². The van der Waals surface area contributed by atoms with Gasteiger partial charge in [0, 0.05) is 25.2 Å². The van der Waals surface area contributed by atoms with Crippen LogP contribution in [0.3, 0.4) is 0 Å². The second kappa shape index (κ2) is 8.30. The molecular weight excluding hydrogens is 402 g/mol. The van der Waals surface area contributed by atoms with Crippen LogP contribution in [0.15, 0.2) is 30.3 Å². The van der Waals surface area contributed by atoms with Gasteiger partial charge in [-0.25, -0.2) is 4.79 Å². The highest BCUT2D eigenvalue weighted by molar-refractivity contribution is 5.78. The second-order valence-corrected chi connectivity index (χ2v) is 11.1. The van der Waals surface area contributed by atoms with Gasteiger partial charge in [-0.15, -0.1) is 0 Å². The molecule has 2 amide bonds. The van der Waals surface area contributed by atoms with Gasteiger partial charge in [0.25, 0.3) is 0 Å². The fraction of sp³-hybridized carbons (Fsp3) is 0.731. The Bertz CT molecular complexity index is 811. The van der Waals surface area contributed by atoms with Gasteiger partial charge in [-0.05, 0) is 70.5 Å². The monoisotopic (exact) mass is 441 g/mol. The van der Waals surface area contributed by atoms with Crippen LogP contribution >= 0.6 is 0 Å². The quantitative estimate of drug-likeness (QED) is 0.704. The van der Waals surface area contributed by atoms with E-state index in [9.17, 15) is 9.90 Å². The first-order valence-corrected chi connectivity index (χ1v) is 12.5. The smallest absolute Gasteiger partial charge is 0.320 e. The van der Waals surface area contributed by atoms with Crippen molar-refractivity contribution < 1.29 is 14.6 Å². The van der Waals surface area contributed by atoms with Gasteiger partial charge in [0.1, 0.15) is 5.60 Å². The third-order valence-electron chi connectivity index (χ3n) is 8.99. The van der Waals surface area contributed by atoms with Gasteiger partial charge in [0.2, 0.25) is 0 Å². The third-order valence-corrected chi connectivity index (χ3v) is 8.99. The summed E-state index contributed by atoms with van der Waals surface area (Å²) in [6, 6.07) is 11.1. The van der Waals surface area contributed by atoms with Gasteiger partial charge in [-0.3, -0.25) is 4.90 Å². The van der Waals surface area contributed by atoms with E-state index in [-0.39, 0.29) is 17.1 Å². The maximum Gasteiger partial charge on any atom is 0.320 e. The molecule has 4 fully saturated rings. The molecule has 0 aromatic heterocycles. The number of hydrogen-bond acceptors (Lipinski definition) is 4. The molecule has 1 aromatic carbocycles. The Balaban J connectivity index is 1.35. The standard InChI is InChI=1S/C26H39N3O3/c1-27(2)26(22-9-4-3-5-10-22)13-11-24(12-14-26)18-28(16-15-25(31)19-32-20-25)23(30)29(24)17-21-7-6-8-21/h3-5,9-10,21,31H,6-8,11-20H2,1-2H3/t24-,26+. The first-order chi connectivity index (χ1) is 15.4. The van der Waals surface area contributed by atoms with Crippen LogP contribution in [0.4, 0.5) is 4.79 Å². The van der Waals surface area contributed by atoms with Crippen molar-refractivity contribution in [1.82, 2.24) is 14.7 Å². The van der Waals surface area contributed by atoms with Crippen LogP contribution in [0.5, 0.6) is 0 Å². The molecule has 2 aliphatic heterocycles. The molecule has 4 aliphatic rings. The Morgan fingerprint density at radius 3 is 2.31 bits per heavy atom. The van der Waals surface area contributed by atoms with Crippen molar-refractivity contribution in [2.75, 3.05) is 46.9 Å². The van der Waals surface area contributed by atoms with Crippen LogP contribution in [-0.4, -0.2) is 83.9 Å². The summed E-state index contributed by atoms with van der Waals surface area (Å²) in [7, 11) is 4.40. The van der Waals surface area contributed by atoms with Gasteiger partial charge in [-0.2, -0.15) is 0 Å². The van der Waals surface area contributed by atoms with E-state index in [0.29, 0.717) is 32.1 Å². The van der Waals surface area contributed by atoms with Crippen LogP contribution in [0.1, 0.15) is 56.9 Å². The Kier molecular flexibility index (Phi) is 5.75. The molecule has 6 heteroatoms. The molecule has 2 aliphatic carbocycles. The lowest BCUT2D eigenvalue weighted by Gasteiger charge is -2.51. The summed E-state index contributed by atoms with van der Waals surface area (Å²) < 4.78 is 5.20. The highest BCUT2D eigenvalue weighted by Gasteiger charge is 2.55. The largest absolute Gasteiger partial charge is 0.385 e. The molecule has 2 saturated heterocycles. The lowest BCUT2D eigenvalue weighted by atomic mass is 9.68. The van der Waals surface area contributed by atoms with Gasteiger partial charge >= 0.3 is 6.03 Å². The number of amides is 2. The first-order valence-electron chi connectivity index (χ1n) is 12.5. The maximum atomic E-state index is 13.6. The highest BCUT2D eigenvalue weighted by atomic mass is 16.5. The van der Waals surface area contributed by atoms with Crippen LogP contribution in [0.25, 0.3) is 0 Å². The number of carbonyl (C=O) groups excluding carboxylic acids is 1. The zero-order chi connectivity index (χ0) is 22.4. The Morgan fingerprint density at radius 2 is 1.78 bits per heavy atom. The number of ether oxygens (including phenoxy) is 1. The van der Waals surface area contributed by atoms with Gasteiger partial charge in [0.05, 0.1) is 18.8 Å². The summed E-state index contributed by atoms with van der Waals surface area (Å²) in [4.78, 5) is 20.2. The molecule has 0 atom stereocenters. The lowest BCUT2D eigenvalue weighted by Crippen LogP contribution is -2.56. The van der Waals surface area contributed by atoms with Crippen LogP contribution in [0, 0.1) is 5.92 Å². The number of benzene rings is 1. The van der Waals surface area contributed by atoms with E-state index in [0.717, 1.165) is 38.8 Å². The van der Waals surface area contributed by atoms with Crippen molar-refractivity contribution in [3.05, 3.63) is 35.9 Å². The molecule has 32 heavy (non-hydrogen) atoms. The van der Waals surface area contributed by atoms with Crippen LogP contribution < -0.4 is 0 Å². The SMILES string of the molecule is CN(C)[C@]1(c2ccccc2)CC[C@]2(CC1)CN(CCC1(O)COC1)C(=O)N2CC1CCC1. The molecular formula is C26H39N3O3. The summed E-state index contributed by atoms with van der Waals surface area (Å²) in [6.07, 6.45) is 8.59. The zero-order valence-electron chi connectivity index (χ0n) is 19.8. The average molecular weight is 442 g/mol. The lowest BCUT2D eigenvalue weighted by molar-refractivity contribution is -0.182. The van der Waals surface area contributed by atoms with Crippen molar-refractivity contribution in [2.24, 2.45) is 5.92 Å². The molecule has 1 spiro atoms. The summed E-state index contributed by atoms with van der Waals surface area (Å²) in [5, 5.41) is 10.5. The van der Waals surface area contributed by atoms with E-state index in [1.54, 1.807) is 0 Å². The van der Waals surface area contributed by atoms with Crippen LogP contribution in [-0.2, 0) is 10.3 Å². The summed E-state index contributed by atoms with van der Waals surface area (Å²) >= 11 is 0. The number of urea groups is 1. The predicted molar refractivity (Wildman–Crippen MR) is 124 cm³/mol. The molecule has 6 nitrogen and oxygen atoms in total. The number of carbonyl (C=O) groups is 1. The predicted octanol–water partition coefficient (Wildman–Crippen LogP) is 3.45.